The van der Waals surface area contributed by atoms with Crippen molar-refractivity contribution in [3.05, 3.63) is 102 Å². The molecule has 30 heavy (non-hydrogen) atoms. The molecule has 0 aliphatic heterocycles. The number of aliphatic hydroxyl groups excluding tert-OH is 1. The van der Waals surface area contributed by atoms with Crippen molar-refractivity contribution in [2.45, 2.75) is 25.2 Å². The third-order valence-electron chi connectivity index (χ3n) is 4.56. The van der Waals surface area contributed by atoms with Crippen molar-refractivity contribution < 1.29 is 24.5 Å². The van der Waals surface area contributed by atoms with E-state index in [1.165, 1.54) is 0 Å². The molecule has 0 saturated carbocycles. The Morgan fingerprint density at radius 3 is 2.17 bits per heavy atom. The van der Waals surface area contributed by atoms with Crippen LogP contribution in [-0.4, -0.2) is 28.1 Å². The fourth-order valence-electron chi connectivity index (χ4n) is 2.98. The van der Waals surface area contributed by atoms with Crippen LogP contribution in [0, 0.1) is 0 Å². The summed E-state index contributed by atoms with van der Waals surface area (Å²) in [6, 6.07) is 24.0. The molecule has 3 N–H and O–H groups in total. The Morgan fingerprint density at radius 2 is 1.50 bits per heavy atom. The van der Waals surface area contributed by atoms with E-state index in [4.69, 9.17) is 4.74 Å². The predicted octanol–water partition coefficient (Wildman–Crippen LogP) is 3.11. The number of benzene rings is 3. The van der Waals surface area contributed by atoms with Crippen LogP contribution in [0.5, 0.6) is 5.75 Å². The molecule has 6 heteroatoms. The van der Waals surface area contributed by atoms with E-state index >= 15 is 0 Å². The minimum atomic E-state index is -1.44. The molecule has 3 aromatic rings. The van der Waals surface area contributed by atoms with E-state index in [1.54, 1.807) is 54.6 Å². The summed E-state index contributed by atoms with van der Waals surface area (Å²) in [5.74, 6) is -1.33. The Bertz CT molecular complexity index is 975. The van der Waals surface area contributed by atoms with E-state index in [9.17, 15) is 19.8 Å². The molecule has 0 saturated heterocycles. The average molecular weight is 405 g/mol. The fourth-order valence-corrected chi connectivity index (χ4v) is 2.98. The zero-order valence-corrected chi connectivity index (χ0v) is 16.3. The Balaban J connectivity index is 1.63. The quantitative estimate of drug-likeness (QED) is 0.508. The van der Waals surface area contributed by atoms with Crippen LogP contribution in [0.4, 0.5) is 0 Å². The smallest absolute Gasteiger partial charge is 0.326 e. The summed E-state index contributed by atoms with van der Waals surface area (Å²) in [6.45, 7) is 0.395. The molecule has 0 aliphatic carbocycles. The van der Waals surface area contributed by atoms with Crippen LogP contribution in [0.15, 0.2) is 84.9 Å². The number of carboxylic acids is 1. The van der Waals surface area contributed by atoms with Gasteiger partial charge in [-0.05, 0) is 28.8 Å². The lowest BCUT2D eigenvalue weighted by Gasteiger charge is -2.18. The molecule has 154 valence electrons. The zero-order chi connectivity index (χ0) is 21.3. The monoisotopic (exact) mass is 405 g/mol. The summed E-state index contributed by atoms with van der Waals surface area (Å²) in [4.78, 5) is 24.0. The van der Waals surface area contributed by atoms with Crippen molar-refractivity contribution in [2.24, 2.45) is 0 Å². The number of carbonyl (C=O) groups is 2. The first-order valence-corrected chi connectivity index (χ1v) is 9.55. The lowest BCUT2D eigenvalue weighted by atomic mass is 10.0. The van der Waals surface area contributed by atoms with Crippen molar-refractivity contribution in [1.29, 1.82) is 0 Å². The molecular weight excluding hydrogens is 382 g/mol. The normalized spacial score (nSPS) is 12.6. The van der Waals surface area contributed by atoms with Crippen LogP contribution in [0.3, 0.4) is 0 Å². The van der Waals surface area contributed by atoms with Crippen LogP contribution in [0.1, 0.15) is 22.8 Å². The van der Waals surface area contributed by atoms with Gasteiger partial charge in [-0.1, -0.05) is 72.8 Å². The second-order valence-corrected chi connectivity index (χ2v) is 6.84. The molecule has 3 aromatic carbocycles. The van der Waals surface area contributed by atoms with E-state index in [1.807, 2.05) is 30.3 Å². The Kier molecular flexibility index (Phi) is 7.19. The lowest BCUT2D eigenvalue weighted by molar-refractivity contribution is -0.143. The molecule has 2 atom stereocenters. The number of carboxylic acid groups (broad SMARTS) is 1. The molecule has 0 heterocycles. The van der Waals surface area contributed by atoms with Gasteiger partial charge in [-0.2, -0.15) is 0 Å². The highest BCUT2D eigenvalue weighted by atomic mass is 16.5. The third kappa shape index (κ3) is 5.93. The first kappa shape index (κ1) is 21.1. The van der Waals surface area contributed by atoms with Crippen molar-refractivity contribution in [1.82, 2.24) is 5.32 Å². The number of carbonyl (C=O) groups excluding carboxylic acids is 1. The maximum Gasteiger partial charge on any atom is 0.326 e. The second kappa shape index (κ2) is 10.2. The largest absolute Gasteiger partial charge is 0.489 e. The molecule has 0 radical (unpaired) electrons. The van der Waals surface area contributed by atoms with Gasteiger partial charge < -0.3 is 20.3 Å². The van der Waals surface area contributed by atoms with Gasteiger partial charge in [0.1, 0.15) is 18.4 Å². The summed E-state index contributed by atoms with van der Waals surface area (Å²) >= 11 is 0. The number of aliphatic carboxylic acids is 1. The number of ether oxygens (including phenoxy) is 1. The number of amides is 1. The third-order valence-corrected chi connectivity index (χ3v) is 4.56. The zero-order valence-electron chi connectivity index (χ0n) is 16.3. The molecule has 0 unspecified atom stereocenters. The topological polar surface area (TPSA) is 95.9 Å². The van der Waals surface area contributed by atoms with E-state index < -0.39 is 24.0 Å². The summed E-state index contributed by atoms with van der Waals surface area (Å²) in [5.41, 5.74) is 2.12. The van der Waals surface area contributed by atoms with Gasteiger partial charge in [0.15, 0.2) is 6.10 Å². The number of nitrogens with one attached hydrogen (secondary N) is 1. The first-order chi connectivity index (χ1) is 14.5. The SMILES string of the molecule is O=C(O)[C@H](Cc1cccc(OCc2ccccc2)c1)NC(=O)[C@@H](O)c1ccccc1. The van der Waals surface area contributed by atoms with Crippen molar-refractivity contribution in [3.8, 4) is 5.75 Å². The molecule has 1 amide bonds. The van der Waals surface area contributed by atoms with Crippen LogP contribution in [0.25, 0.3) is 0 Å². The maximum atomic E-state index is 12.3. The lowest BCUT2D eigenvalue weighted by Crippen LogP contribution is -2.44. The van der Waals surface area contributed by atoms with Crippen LogP contribution < -0.4 is 10.1 Å². The van der Waals surface area contributed by atoms with Gasteiger partial charge in [-0.3, -0.25) is 4.79 Å². The van der Waals surface area contributed by atoms with E-state index in [0.717, 1.165) is 5.56 Å². The summed E-state index contributed by atoms with van der Waals surface area (Å²) < 4.78 is 5.78. The minimum absolute atomic E-state index is 0.0606. The standard InChI is InChI=1S/C24H23NO5/c26-22(19-11-5-2-6-12-19)23(27)25-21(24(28)29)15-18-10-7-13-20(14-18)30-16-17-8-3-1-4-9-17/h1-14,21-22,26H,15-16H2,(H,25,27)(H,28,29)/t21-,22-/m0/s1. The predicted molar refractivity (Wildman–Crippen MR) is 112 cm³/mol. The van der Waals surface area contributed by atoms with E-state index in [2.05, 4.69) is 5.32 Å². The van der Waals surface area contributed by atoms with Crippen LogP contribution in [-0.2, 0) is 22.6 Å². The van der Waals surface area contributed by atoms with Crippen LogP contribution >= 0.6 is 0 Å². The van der Waals surface area contributed by atoms with Crippen molar-refractivity contribution in [3.63, 3.8) is 0 Å². The van der Waals surface area contributed by atoms with Gasteiger partial charge in [0, 0.05) is 6.42 Å². The van der Waals surface area contributed by atoms with Crippen molar-refractivity contribution in [2.75, 3.05) is 0 Å². The molecule has 0 aromatic heterocycles. The minimum Gasteiger partial charge on any atom is -0.489 e. The second-order valence-electron chi connectivity index (χ2n) is 6.84. The Hall–Kier alpha value is -3.64. The van der Waals surface area contributed by atoms with E-state index in [-0.39, 0.29) is 6.42 Å². The molecule has 0 bridgehead atoms. The number of aliphatic hydroxyl groups is 1. The number of hydrogen-bond acceptors (Lipinski definition) is 4. The molecule has 6 nitrogen and oxygen atoms in total. The Morgan fingerprint density at radius 1 is 0.867 bits per heavy atom. The fraction of sp³-hybridized carbons (Fsp3) is 0.167. The maximum absolute atomic E-state index is 12.3. The highest BCUT2D eigenvalue weighted by Crippen LogP contribution is 2.17. The first-order valence-electron chi connectivity index (χ1n) is 9.55. The van der Waals surface area contributed by atoms with Crippen LogP contribution in [0.2, 0.25) is 0 Å². The van der Waals surface area contributed by atoms with Gasteiger partial charge in [-0.25, -0.2) is 4.79 Å². The molecule has 0 fully saturated rings. The summed E-state index contributed by atoms with van der Waals surface area (Å²) in [6.07, 6.45) is -1.38. The van der Waals surface area contributed by atoms with E-state index in [0.29, 0.717) is 23.5 Å². The van der Waals surface area contributed by atoms with Gasteiger partial charge in [0.2, 0.25) is 0 Å². The number of hydrogen-bond donors (Lipinski definition) is 3. The summed E-state index contributed by atoms with van der Waals surface area (Å²) in [5, 5.41) is 22.1. The molecule has 3 rings (SSSR count). The highest BCUT2D eigenvalue weighted by molar-refractivity contribution is 5.87. The van der Waals surface area contributed by atoms with Gasteiger partial charge in [-0.15, -0.1) is 0 Å². The number of rotatable bonds is 9. The summed E-state index contributed by atoms with van der Waals surface area (Å²) in [7, 11) is 0. The average Bonchev–Trinajstić information content (AvgIpc) is 2.78. The Labute approximate surface area is 174 Å². The van der Waals surface area contributed by atoms with Gasteiger partial charge >= 0.3 is 5.97 Å². The van der Waals surface area contributed by atoms with Gasteiger partial charge in [0.05, 0.1) is 0 Å². The molecule has 0 aliphatic rings. The van der Waals surface area contributed by atoms with Gasteiger partial charge in [0.25, 0.3) is 5.91 Å². The highest BCUT2D eigenvalue weighted by Gasteiger charge is 2.25. The molecular formula is C24H23NO5. The molecule has 0 spiro atoms. The van der Waals surface area contributed by atoms with Crippen molar-refractivity contribution >= 4 is 11.9 Å².